The van der Waals surface area contributed by atoms with Crippen molar-refractivity contribution in [2.45, 2.75) is 13.3 Å². The molecule has 3 aromatic rings. The summed E-state index contributed by atoms with van der Waals surface area (Å²) in [6, 6.07) is 24.6. The molecule has 2 aliphatic heterocycles. The molecule has 5 nitrogen and oxygen atoms in total. The zero-order valence-corrected chi connectivity index (χ0v) is 17.2. The molecule has 0 saturated heterocycles. The first-order valence-corrected chi connectivity index (χ1v) is 10.5. The second-order valence-corrected chi connectivity index (χ2v) is 7.47. The van der Waals surface area contributed by atoms with Crippen LogP contribution in [0, 0.1) is 0 Å². The standard InChI is InChI=1S/C26H22N2O3/c1-2-31-22-15-9-8-14-21(22)28-25(29)23(19-11-4-3-5-12-19)24(26(28)30)27-17-16-18-10-6-7-13-20(18)27/h3-15H,2,16-17H2,1H3. The lowest BCUT2D eigenvalue weighted by molar-refractivity contribution is -0.120. The Kier molecular flexibility index (Phi) is 4.79. The quantitative estimate of drug-likeness (QED) is 0.584. The number of carbonyl (C=O) groups is 2. The molecule has 2 amide bonds. The zero-order valence-electron chi connectivity index (χ0n) is 17.2. The molecule has 0 saturated carbocycles. The predicted molar refractivity (Wildman–Crippen MR) is 121 cm³/mol. The summed E-state index contributed by atoms with van der Waals surface area (Å²) in [6.45, 7) is 2.98. The number of fused-ring (bicyclic) bond motifs is 1. The van der Waals surface area contributed by atoms with Crippen LogP contribution in [0.2, 0.25) is 0 Å². The second kappa shape index (κ2) is 7.76. The van der Waals surface area contributed by atoms with Crippen molar-refractivity contribution in [2.24, 2.45) is 0 Å². The van der Waals surface area contributed by atoms with Gasteiger partial charge in [-0.2, -0.15) is 0 Å². The molecular weight excluding hydrogens is 388 g/mol. The van der Waals surface area contributed by atoms with Crippen molar-refractivity contribution >= 4 is 28.8 Å². The van der Waals surface area contributed by atoms with Crippen LogP contribution in [0.1, 0.15) is 18.1 Å². The van der Waals surface area contributed by atoms with Crippen LogP contribution in [0.3, 0.4) is 0 Å². The number of nitrogens with zero attached hydrogens (tertiary/aromatic N) is 2. The van der Waals surface area contributed by atoms with Gasteiger partial charge in [0.05, 0.1) is 17.9 Å². The first-order valence-electron chi connectivity index (χ1n) is 10.5. The van der Waals surface area contributed by atoms with E-state index in [-0.39, 0.29) is 11.8 Å². The van der Waals surface area contributed by atoms with Gasteiger partial charge >= 0.3 is 0 Å². The molecule has 0 aromatic heterocycles. The van der Waals surface area contributed by atoms with Crippen molar-refractivity contribution in [3.05, 3.63) is 95.7 Å². The maximum atomic E-state index is 13.8. The van der Waals surface area contributed by atoms with Crippen LogP contribution in [0.4, 0.5) is 11.4 Å². The fourth-order valence-electron chi connectivity index (χ4n) is 4.34. The molecule has 0 spiro atoms. The Morgan fingerprint density at radius 1 is 0.806 bits per heavy atom. The molecule has 0 unspecified atom stereocenters. The topological polar surface area (TPSA) is 49.9 Å². The number of hydrogen-bond acceptors (Lipinski definition) is 4. The van der Waals surface area contributed by atoms with Crippen molar-refractivity contribution in [1.82, 2.24) is 0 Å². The highest BCUT2D eigenvalue weighted by Crippen LogP contribution is 2.41. The van der Waals surface area contributed by atoms with Crippen molar-refractivity contribution in [1.29, 1.82) is 0 Å². The van der Waals surface area contributed by atoms with Crippen LogP contribution in [0.15, 0.2) is 84.6 Å². The highest BCUT2D eigenvalue weighted by Gasteiger charge is 2.44. The molecule has 31 heavy (non-hydrogen) atoms. The van der Waals surface area contributed by atoms with E-state index >= 15 is 0 Å². The summed E-state index contributed by atoms with van der Waals surface area (Å²) in [6.07, 6.45) is 0.832. The molecule has 2 aliphatic rings. The Morgan fingerprint density at radius 2 is 1.48 bits per heavy atom. The van der Waals surface area contributed by atoms with E-state index in [1.807, 2.05) is 72.5 Å². The van der Waals surface area contributed by atoms with Gasteiger partial charge in [-0.15, -0.1) is 0 Å². The smallest absolute Gasteiger partial charge is 0.282 e. The van der Waals surface area contributed by atoms with Crippen LogP contribution < -0.4 is 14.5 Å². The van der Waals surface area contributed by atoms with Gasteiger partial charge in [0.25, 0.3) is 11.8 Å². The van der Waals surface area contributed by atoms with Gasteiger partial charge in [0.1, 0.15) is 11.4 Å². The third-order valence-electron chi connectivity index (χ3n) is 5.68. The fourth-order valence-corrected chi connectivity index (χ4v) is 4.34. The summed E-state index contributed by atoms with van der Waals surface area (Å²) in [5, 5.41) is 0. The van der Waals surface area contributed by atoms with Gasteiger partial charge in [-0.05, 0) is 42.7 Å². The molecule has 5 heteroatoms. The van der Waals surface area contributed by atoms with Gasteiger partial charge in [0.2, 0.25) is 0 Å². The largest absolute Gasteiger partial charge is 0.492 e. The average Bonchev–Trinajstić information content (AvgIpc) is 3.33. The molecule has 2 heterocycles. The molecule has 5 rings (SSSR count). The van der Waals surface area contributed by atoms with Crippen molar-refractivity contribution in [3.8, 4) is 5.75 Å². The molecule has 0 fully saturated rings. The van der Waals surface area contributed by atoms with Gasteiger partial charge in [-0.3, -0.25) is 9.59 Å². The van der Waals surface area contributed by atoms with Gasteiger partial charge in [0, 0.05) is 12.2 Å². The normalized spacial score (nSPS) is 15.6. The number of benzene rings is 3. The van der Waals surface area contributed by atoms with E-state index in [0.29, 0.717) is 35.9 Å². The van der Waals surface area contributed by atoms with Crippen LogP contribution >= 0.6 is 0 Å². The van der Waals surface area contributed by atoms with E-state index in [1.165, 1.54) is 10.5 Å². The molecular formula is C26H22N2O3. The Labute approximate surface area is 181 Å². The number of rotatable bonds is 5. The van der Waals surface area contributed by atoms with Crippen LogP contribution in [-0.4, -0.2) is 25.0 Å². The van der Waals surface area contributed by atoms with E-state index in [1.54, 1.807) is 12.1 Å². The van der Waals surface area contributed by atoms with Crippen LogP contribution in [0.25, 0.3) is 5.57 Å². The summed E-state index contributed by atoms with van der Waals surface area (Å²) in [5.74, 6) is -0.141. The molecule has 0 N–H and O–H groups in total. The van der Waals surface area contributed by atoms with Gasteiger partial charge in [-0.25, -0.2) is 4.90 Å². The number of hydrogen-bond donors (Lipinski definition) is 0. The third-order valence-corrected chi connectivity index (χ3v) is 5.68. The van der Waals surface area contributed by atoms with Crippen molar-refractivity contribution < 1.29 is 14.3 Å². The maximum absolute atomic E-state index is 13.8. The first-order chi connectivity index (χ1) is 15.2. The lowest BCUT2D eigenvalue weighted by Gasteiger charge is -2.22. The van der Waals surface area contributed by atoms with E-state index in [0.717, 1.165) is 17.7 Å². The minimum atomic E-state index is -0.331. The number of amides is 2. The Bertz CT molecular complexity index is 1200. The van der Waals surface area contributed by atoms with E-state index in [4.69, 9.17) is 4.74 Å². The minimum absolute atomic E-state index is 0.326. The Hall–Kier alpha value is -3.86. The Morgan fingerprint density at radius 3 is 2.26 bits per heavy atom. The fraction of sp³-hybridized carbons (Fsp3) is 0.154. The number of anilines is 2. The van der Waals surface area contributed by atoms with E-state index < -0.39 is 0 Å². The highest BCUT2D eigenvalue weighted by molar-refractivity contribution is 6.46. The summed E-state index contributed by atoms with van der Waals surface area (Å²) in [5.41, 5.74) is 4.20. The molecule has 3 aromatic carbocycles. The summed E-state index contributed by atoms with van der Waals surface area (Å²) in [7, 11) is 0. The van der Waals surface area contributed by atoms with Gasteiger partial charge in [0.15, 0.2) is 0 Å². The highest BCUT2D eigenvalue weighted by atomic mass is 16.5. The molecule has 154 valence electrons. The molecule has 0 radical (unpaired) electrons. The number of ether oxygens (including phenoxy) is 1. The van der Waals surface area contributed by atoms with Crippen molar-refractivity contribution in [3.63, 3.8) is 0 Å². The van der Waals surface area contributed by atoms with E-state index in [9.17, 15) is 9.59 Å². The lowest BCUT2D eigenvalue weighted by atomic mass is 10.0. The minimum Gasteiger partial charge on any atom is -0.492 e. The number of imide groups is 1. The van der Waals surface area contributed by atoms with E-state index in [2.05, 4.69) is 6.07 Å². The van der Waals surface area contributed by atoms with Gasteiger partial charge < -0.3 is 9.64 Å². The average molecular weight is 410 g/mol. The maximum Gasteiger partial charge on any atom is 0.282 e. The molecule has 0 atom stereocenters. The SMILES string of the molecule is CCOc1ccccc1N1C(=O)C(c2ccccc2)=C(N2CCc3ccccc32)C1=O. The van der Waals surface area contributed by atoms with Crippen LogP contribution in [0.5, 0.6) is 5.75 Å². The van der Waals surface area contributed by atoms with Crippen molar-refractivity contribution in [2.75, 3.05) is 23.0 Å². The number of carbonyl (C=O) groups excluding carboxylic acids is 2. The second-order valence-electron chi connectivity index (χ2n) is 7.47. The first kappa shape index (κ1) is 19.1. The zero-order chi connectivity index (χ0) is 21.4. The molecule has 0 aliphatic carbocycles. The summed E-state index contributed by atoms with van der Waals surface area (Å²) in [4.78, 5) is 30.8. The Balaban J connectivity index is 1.68. The number of para-hydroxylation sites is 3. The van der Waals surface area contributed by atoms with Gasteiger partial charge in [-0.1, -0.05) is 60.7 Å². The third kappa shape index (κ3) is 3.10. The summed E-state index contributed by atoms with van der Waals surface area (Å²) >= 11 is 0. The molecule has 0 bridgehead atoms. The predicted octanol–water partition coefficient (Wildman–Crippen LogP) is 4.43. The monoisotopic (exact) mass is 410 g/mol. The summed E-state index contributed by atoms with van der Waals surface area (Å²) < 4.78 is 5.73. The van der Waals surface area contributed by atoms with Crippen LogP contribution in [-0.2, 0) is 16.0 Å². The lowest BCUT2D eigenvalue weighted by Crippen LogP contribution is -2.35.